The molecule has 1 fully saturated rings. The van der Waals surface area contributed by atoms with Crippen molar-refractivity contribution in [2.24, 2.45) is 5.73 Å². The molecule has 1 aliphatic heterocycles. The van der Waals surface area contributed by atoms with E-state index < -0.39 is 0 Å². The Labute approximate surface area is 184 Å². The molecule has 1 aromatic carbocycles. The van der Waals surface area contributed by atoms with Crippen molar-refractivity contribution in [3.05, 3.63) is 66.3 Å². The lowest BCUT2D eigenvalue weighted by atomic mass is 10.1. The first-order chi connectivity index (χ1) is 15.7. The molecule has 1 aliphatic rings. The molecule has 3 aromatic heterocycles. The van der Waals surface area contributed by atoms with E-state index in [1.54, 1.807) is 10.9 Å². The molecule has 3 N–H and O–H groups in total. The van der Waals surface area contributed by atoms with Crippen LogP contribution in [0, 0.1) is 5.41 Å². The molecule has 10 nitrogen and oxygen atoms in total. The smallest absolute Gasteiger partial charge is 0.229 e. The van der Waals surface area contributed by atoms with Crippen molar-refractivity contribution < 1.29 is 4.52 Å². The minimum atomic E-state index is 0.0994. The number of hydrogen-bond donors (Lipinski definition) is 2. The molecular formula is C22H23N9O. The molecule has 0 unspecified atom stereocenters. The van der Waals surface area contributed by atoms with E-state index in [-0.39, 0.29) is 12.0 Å². The average Bonchev–Trinajstić information content (AvgIpc) is 3.57. The fourth-order valence-corrected chi connectivity index (χ4v) is 3.98. The van der Waals surface area contributed by atoms with Crippen LogP contribution in [-0.2, 0) is 13.0 Å². The predicted octanol–water partition coefficient (Wildman–Crippen LogP) is 2.34. The summed E-state index contributed by atoms with van der Waals surface area (Å²) in [5, 5.41) is 20.2. The minimum Gasteiger partial charge on any atom is -0.370 e. The Kier molecular flexibility index (Phi) is 5.32. The van der Waals surface area contributed by atoms with Gasteiger partial charge >= 0.3 is 0 Å². The zero-order valence-corrected chi connectivity index (χ0v) is 17.4. The fourth-order valence-electron chi connectivity index (χ4n) is 3.98. The number of nitrogens with two attached hydrogens (primary N) is 1. The van der Waals surface area contributed by atoms with Gasteiger partial charge in [-0.2, -0.15) is 4.98 Å². The van der Waals surface area contributed by atoms with Crippen molar-refractivity contribution in [3.63, 3.8) is 0 Å². The highest BCUT2D eigenvalue weighted by Crippen LogP contribution is 2.22. The maximum absolute atomic E-state index is 7.70. The van der Waals surface area contributed by atoms with E-state index in [2.05, 4.69) is 25.4 Å². The number of benzene rings is 1. The normalized spacial score (nSPS) is 15.9. The zero-order valence-electron chi connectivity index (χ0n) is 17.4. The maximum atomic E-state index is 7.70. The van der Waals surface area contributed by atoms with Gasteiger partial charge in [-0.3, -0.25) is 10.4 Å². The van der Waals surface area contributed by atoms with E-state index in [0.717, 1.165) is 41.9 Å². The molecule has 10 heteroatoms. The van der Waals surface area contributed by atoms with E-state index >= 15 is 0 Å². The summed E-state index contributed by atoms with van der Waals surface area (Å²) in [6.07, 6.45) is 6.20. The molecule has 1 atom stereocenters. The van der Waals surface area contributed by atoms with Crippen molar-refractivity contribution >= 4 is 5.96 Å². The van der Waals surface area contributed by atoms with Crippen molar-refractivity contribution in [1.82, 2.24) is 35.0 Å². The van der Waals surface area contributed by atoms with Gasteiger partial charge in [-0.05, 0) is 30.5 Å². The van der Waals surface area contributed by atoms with Crippen molar-refractivity contribution in [2.75, 3.05) is 6.54 Å². The largest absolute Gasteiger partial charge is 0.370 e. The monoisotopic (exact) mass is 429 g/mol. The number of pyridine rings is 1. The third-order valence-corrected chi connectivity index (χ3v) is 5.59. The Morgan fingerprint density at radius 2 is 2.03 bits per heavy atom. The van der Waals surface area contributed by atoms with Gasteiger partial charge in [0.1, 0.15) is 5.69 Å². The first-order valence-corrected chi connectivity index (χ1v) is 10.5. The number of aromatic nitrogens is 6. The Morgan fingerprint density at radius 3 is 2.81 bits per heavy atom. The van der Waals surface area contributed by atoms with Crippen LogP contribution in [0.5, 0.6) is 0 Å². The summed E-state index contributed by atoms with van der Waals surface area (Å²) in [7, 11) is 0. The van der Waals surface area contributed by atoms with Crippen LogP contribution in [0.15, 0.2) is 59.4 Å². The minimum absolute atomic E-state index is 0.0994. The van der Waals surface area contributed by atoms with Crippen molar-refractivity contribution in [1.29, 1.82) is 5.41 Å². The molecule has 4 aromatic rings. The molecule has 32 heavy (non-hydrogen) atoms. The molecule has 0 spiro atoms. The standard InChI is InChI=1S/C22H23N9O/c23-22(24)31-11-3-4-17(31)12-20-26-21(28-32-20)16-8-6-15(7-9-16)13-30-14-19(27-29-30)18-5-1-2-10-25-18/h1-2,5-10,14,17H,3-4,11-13H2,(H3,23,24)/t17-/m0/s1. The maximum Gasteiger partial charge on any atom is 0.229 e. The lowest BCUT2D eigenvalue weighted by Crippen LogP contribution is -2.41. The van der Waals surface area contributed by atoms with Crippen LogP contribution >= 0.6 is 0 Å². The topological polar surface area (TPSA) is 136 Å². The number of hydrogen-bond acceptors (Lipinski definition) is 7. The third-order valence-electron chi connectivity index (χ3n) is 5.59. The quantitative estimate of drug-likeness (QED) is 0.352. The van der Waals surface area contributed by atoms with Crippen LogP contribution in [0.25, 0.3) is 22.8 Å². The first kappa shape index (κ1) is 19.9. The fraction of sp³-hybridized carbons (Fsp3) is 0.273. The summed E-state index contributed by atoms with van der Waals surface area (Å²) in [5.74, 6) is 1.21. The lowest BCUT2D eigenvalue weighted by Gasteiger charge is -2.23. The highest BCUT2D eigenvalue weighted by atomic mass is 16.5. The molecule has 5 rings (SSSR count). The summed E-state index contributed by atoms with van der Waals surface area (Å²) in [6, 6.07) is 13.8. The van der Waals surface area contributed by atoms with E-state index in [0.29, 0.717) is 24.7 Å². The van der Waals surface area contributed by atoms with Crippen molar-refractivity contribution in [3.8, 4) is 22.8 Å². The summed E-state index contributed by atoms with van der Waals surface area (Å²) >= 11 is 0. The lowest BCUT2D eigenvalue weighted by molar-refractivity contribution is 0.320. The first-order valence-electron chi connectivity index (χ1n) is 10.5. The van der Waals surface area contributed by atoms with Crippen LogP contribution < -0.4 is 5.73 Å². The van der Waals surface area contributed by atoms with Gasteiger partial charge in [0.25, 0.3) is 0 Å². The van der Waals surface area contributed by atoms with Crippen LogP contribution in [-0.4, -0.2) is 53.6 Å². The van der Waals surface area contributed by atoms with Gasteiger partial charge in [0.15, 0.2) is 5.96 Å². The number of likely N-dealkylation sites (tertiary alicyclic amines) is 1. The molecule has 0 aliphatic carbocycles. The molecule has 0 radical (unpaired) electrons. The van der Waals surface area contributed by atoms with Gasteiger partial charge in [0.05, 0.1) is 18.4 Å². The molecule has 1 saturated heterocycles. The second-order valence-corrected chi connectivity index (χ2v) is 7.80. The molecule has 0 saturated carbocycles. The summed E-state index contributed by atoms with van der Waals surface area (Å²) in [4.78, 5) is 10.7. The average molecular weight is 429 g/mol. The molecule has 4 heterocycles. The number of rotatable bonds is 6. The second kappa shape index (κ2) is 8.58. The molecule has 0 amide bonds. The van der Waals surface area contributed by atoms with E-state index in [1.165, 1.54) is 0 Å². The van der Waals surface area contributed by atoms with Crippen LogP contribution in [0.1, 0.15) is 24.3 Å². The number of nitrogens with one attached hydrogen (secondary N) is 1. The second-order valence-electron chi connectivity index (χ2n) is 7.80. The molecule has 162 valence electrons. The summed E-state index contributed by atoms with van der Waals surface area (Å²) in [6.45, 7) is 1.40. The molecule has 0 bridgehead atoms. The van der Waals surface area contributed by atoms with Crippen LogP contribution in [0.2, 0.25) is 0 Å². The highest BCUT2D eigenvalue weighted by Gasteiger charge is 2.27. The Balaban J connectivity index is 1.24. The van der Waals surface area contributed by atoms with Crippen LogP contribution in [0.3, 0.4) is 0 Å². The van der Waals surface area contributed by atoms with Gasteiger partial charge in [-0.15, -0.1) is 5.10 Å². The van der Waals surface area contributed by atoms with E-state index in [9.17, 15) is 0 Å². The van der Waals surface area contributed by atoms with Crippen molar-refractivity contribution in [2.45, 2.75) is 31.8 Å². The van der Waals surface area contributed by atoms with Gasteiger partial charge in [0.2, 0.25) is 11.7 Å². The highest BCUT2D eigenvalue weighted by molar-refractivity contribution is 5.75. The summed E-state index contributed by atoms with van der Waals surface area (Å²) < 4.78 is 7.24. The SMILES string of the molecule is N=C(N)N1CCC[C@H]1Cc1nc(-c2ccc(Cn3cc(-c4ccccn4)nn3)cc2)no1. The van der Waals surface area contributed by atoms with Crippen LogP contribution in [0.4, 0.5) is 0 Å². The number of nitrogens with zero attached hydrogens (tertiary/aromatic N) is 7. The predicted molar refractivity (Wildman–Crippen MR) is 117 cm³/mol. The zero-order chi connectivity index (χ0) is 21.9. The van der Waals surface area contributed by atoms with E-state index in [1.807, 2.05) is 53.6 Å². The Hall–Kier alpha value is -4.08. The van der Waals surface area contributed by atoms with E-state index in [4.69, 9.17) is 15.7 Å². The van der Waals surface area contributed by atoms with Gasteiger partial charge in [-0.1, -0.05) is 40.7 Å². The third kappa shape index (κ3) is 4.20. The van der Waals surface area contributed by atoms with Gasteiger partial charge in [0, 0.05) is 30.8 Å². The molecular weight excluding hydrogens is 406 g/mol. The number of guanidine groups is 1. The van der Waals surface area contributed by atoms with Gasteiger partial charge < -0.3 is 15.2 Å². The van der Waals surface area contributed by atoms with Gasteiger partial charge in [-0.25, -0.2) is 4.68 Å². The summed E-state index contributed by atoms with van der Waals surface area (Å²) in [5.41, 5.74) is 9.17. The Morgan fingerprint density at radius 1 is 1.16 bits per heavy atom. The Bertz CT molecular complexity index is 1200.